The highest BCUT2D eigenvalue weighted by Crippen LogP contribution is 2.23. The third-order valence-electron chi connectivity index (χ3n) is 2.03. The van der Waals surface area contributed by atoms with Crippen LogP contribution in [-0.2, 0) is 6.61 Å². The van der Waals surface area contributed by atoms with Gasteiger partial charge < -0.3 is 14.3 Å². The molecular formula is C12H10O4. The van der Waals surface area contributed by atoms with Crippen molar-refractivity contribution in [2.75, 3.05) is 0 Å². The minimum Gasteiger partial charge on any atom is -0.504 e. The van der Waals surface area contributed by atoms with Gasteiger partial charge in [0.15, 0.2) is 11.5 Å². The van der Waals surface area contributed by atoms with Gasteiger partial charge in [0.1, 0.15) is 12.9 Å². The average Bonchev–Trinajstić information content (AvgIpc) is 2.29. The molecular weight excluding hydrogens is 208 g/mol. The zero-order chi connectivity index (χ0) is 11.4. The largest absolute Gasteiger partial charge is 0.504 e. The molecule has 1 heterocycles. The topological polar surface area (TPSA) is 59.7 Å². The van der Waals surface area contributed by atoms with E-state index in [1.54, 1.807) is 0 Å². The Labute approximate surface area is 91.7 Å². The minimum atomic E-state index is -0.607. The van der Waals surface area contributed by atoms with Crippen molar-refractivity contribution in [1.29, 1.82) is 0 Å². The number of rotatable bonds is 3. The van der Waals surface area contributed by atoms with E-state index in [0.717, 1.165) is 17.9 Å². The molecule has 0 saturated carbocycles. The van der Waals surface area contributed by atoms with Gasteiger partial charge in [-0.05, 0) is 5.56 Å². The minimum absolute atomic E-state index is 0.156. The first kappa shape index (κ1) is 10.3. The van der Waals surface area contributed by atoms with Crippen LogP contribution >= 0.6 is 0 Å². The summed E-state index contributed by atoms with van der Waals surface area (Å²) in [4.78, 5) is 10.7. The van der Waals surface area contributed by atoms with Crippen LogP contribution in [0.2, 0.25) is 0 Å². The van der Waals surface area contributed by atoms with Crippen molar-refractivity contribution in [3.63, 3.8) is 0 Å². The van der Waals surface area contributed by atoms with Crippen LogP contribution in [0.5, 0.6) is 11.5 Å². The highest BCUT2D eigenvalue weighted by atomic mass is 16.5. The first-order chi connectivity index (χ1) is 7.75. The van der Waals surface area contributed by atoms with E-state index >= 15 is 0 Å². The molecule has 4 heteroatoms. The molecule has 4 nitrogen and oxygen atoms in total. The maximum absolute atomic E-state index is 10.7. The molecule has 0 bridgehead atoms. The molecule has 0 saturated heterocycles. The maximum Gasteiger partial charge on any atom is 0.339 e. The molecule has 2 rings (SSSR count). The number of hydrogen-bond acceptors (Lipinski definition) is 4. The quantitative estimate of drug-likeness (QED) is 0.855. The van der Waals surface area contributed by atoms with E-state index in [1.165, 1.54) is 0 Å². The van der Waals surface area contributed by atoms with Gasteiger partial charge in [-0.3, -0.25) is 0 Å². The zero-order valence-electron chi connectivity index (χ0n) is 8.42. The Morgan fingerprint density at radius 1 is 1.25 bits per heavy atom. The standard InChI is InChI=1S/C12H10O4/c13-10-6-12(14)16-8-11(10)15-7-9-4-2-1-3-5-9/h1-6,8,13H,7H2. The summed E-state index contributed by atoms with van der Waals surface area (Å²) in [5.74, 6) is -0.0596. The summed E-state index contributed by atoms with van der Waals surface area (Å²) in [6.45, 7) is 0.308. The van der Waals surface area contributed by atoms with E-state index in [1.807, 2.05) is 30.3 Å². The van der Waals surface area contributed by atoms with Gasteiger partial charge in [0.2, 0.25) is 0 Å². The predicted octanol–water partition coefficient (Wildman–Crippen LogP) is 1.92. The second-order valence-corrected chi connectivity index (χ2v) is 3.22. The molecule has 0 atom stereocenters. The van der Waals surface area contributed by atoms with Crippen molar-refractivity contribution in [2.45, 2.75) is 6.61 Å². The smallest absolute Gasteiger partial charge is 0.339 e. The van der Waals surface area contributed by atoms with Gasteiger partial charge in [-0.25, -0.2) is 4.79 Å². The van der Waals surface area contributed by atoms with Crippen molar-refractivity contribution in [3.05, 3.63) is 58.6 Å². The average molecular weight is 218 g/mol. The molecule has 82 valence electrons. The molecule has 2 aromatic rings. The fourth-order valence-corrected chi connectivity index (χ4v) is 1.23. The van der Waals surface area contributed by atoms with Gasteiger partial charge in [0, 0.05) is 0 Å². The van der Waals surface area contributed by atoms with E-state index in [0.29, 0.717) is 6.61 Å². The monoisotopic (exact) mass is 218 g/mol. The lowest BCUT2D eigenvalue weighted by molar-refractivity contribution is 0.275. The summed E-state index contributed by atoms with van der Waals surface area (Å²) in [5.41, 5.74) is 0.359. The van der Waals surface area contributed by atoms with Gasteiger partial charge in [0.25, 0.3) is 0 Å². The Bertz CT molecular complexity index is 516. The molecule has 0 aliphatic heterocycles. The van der Waals surface area contributed by atoms with Gasteiger partial charge >= 0.3 is 5.63 Å². The number of ether oxygens (including phenoxy) is 1. The third-order valence-corrected chi connectivity index (χ3v) is 2.03. The third kappa shape index (κ3) is 2.42. The molecule has 1 N–H and O–H groups in total. The SMILES string of the molecule is O=c1cc(O)c(OCc2ccccc2)co1. The molecule has 16 heavy (non-hydrogen) atoms. The summed E-state index contributed by atoms with van der Waals surface area (Å²) >= 11 is 0. The number of aromatic hydroxyl groups is 1. The van der Waals surface area contributed by atoms with Gasteiger partial charge in [-0.1, -0.05) is 30.3 Å². The Morgan fingerprint density at radius 3 is 2.69 bits per heavy atom. The normalized spacial score (nSPS) is 10.0. The highest BCUT2D eigenvalue weighted by molar-refractivity contribution is 5.33. The van der Waals surface area contributed by atoms with Crippen molar-refractivity contribution < 1.29 is 14.3 Å². The van der Waals surface area contributed by atoms with Gasteiger partial charge in [-0.2, -0.15) is 0 Å². The molecule has 0 radical (unpaired) electrons. The van der Waals surface area contributed by atoms with E-state index < -0.39 is 5.63 Å². The van der Waals surface area contributed by atoms with Crippen LogP contribution in [0, 0.1) is 0 Å². The Kier molecular flexibility index (Phi) is 2.91. The molecule has 0 spiro atoms. The Balaban J connectivity index is 2.08. The molecule has 1 aromatic heterocycles. The number of benzene rings is 1. The molecule has 0 unspecified atom stereocenters. The van der Waals surface area contributed by atoms with Crippen LogP contribution in [0.4, 0.5) is 0 Å². The lowest BCUT2D eigenvalue weighted by atomic mass is 10.2. The molecule has 0 amide bonds. The summed E-state index contributed by atoms with van der Waals surface area (Å²) in [6, 6.07) is 10.5. The van der Waals surface area contributed by atoms with E-state index in [4.69, 9.17) is 4.74 Å². The summed E-state index contributed by atoms with van der Waals surface area (Å²) in [6.07, 6.45) is 1.10. The van der Waals surface area contributed by atoms with E-state index in [-0.39, 0.29) is 11.5 Å². The van der Waals surface area contributed by atoms with Crippen LogP contribution in [0.3, 0.4) is 0 Å². The summed E-state index contributed by atoms with van der Waals surface area (Å²) < 4.78 is 9.88. The highest BCUT2D eigenvalue weighted by Gasteiger charge is 2.04. The zero-order valence-corrected chi connectivity index (χ0v) is 8.42. The summed E-state index contributed by atoms with van der Waals surface area (Å²) in [7, 11) is 0. The lowest BCUT2D eigenvalue weighted by Crippen LogP contribution is -1.99. The predicted molar refractivity (Wildman–Crippen MR) is 57.4 cm³/mol. The number of hydrogen-bond donors (Lipinski definition) is 1. The van der Waals surface area contributed by atoms with Crippen LogP contribution in [-0.4, -0.2) is 5.11 Å². The second kappa shape index (κ2) is 4.53. The van der Waals surface area contributed by atoms with Crippen LogP contribution in [0.25, 0.3) is 0 Å². The van der Waals surface area contributed by atoms with Crippen molar-refractivity contribution >= 4 is 0 Å². The van der Waals surface area contributed by atoms with Gasteiger partial charge in [-0.15, -0.1) is 0 Å². The van der Waals surface area contributed by atoms with Gasteiger partial charge in [0.05, 0.1) is 6.07 Å². The van der Waals surface area contributed by atoms with Crippen LogP contribution in [0.1, 0.15) is 5.56 Å². The first-order valence-corrected chi connectivity index (χ1v) is 4.74. The first-order valence-electron chi connectivity index (χ1n) is 4.74. The lowest BCUT2D eigenvalue weighted by Gasteiger charge is -2.06. The fraction of sp³-hybridized carbons (Fsp3) is 0.0833. The second-order valence-electron chi connectivity index (χ2n) is 3.22. The van der Waals surface area contributed by atoms with Crippen LogP contribution < -0.4 is 10.4 Å². The fourth-order valence-electron chi connectivity index (χ4n) is 1.23. The van der Waals surface area contributed by atoms with Crippen molar-refractivity contribution in [3.8, 4) is 11.5 Å². The molecule has 0 fully saturated rings. The van der Waals surface area contributed by atoms with Crippen molar-refractivity contribution in [1.82, 2.24) is 0 Å². The molecule has 0 aliphatic carbocycles. The Morgan fingerprint density at radius 2 is 2.00 bits per heavy atom. The maximum atomic E-state index is 10.7. The van der Waals surface area contributed by atoms with E-state index in [9.17, 15) is 9.90 Å². The van der Waals surface area contributed by atoms with E-state index in [2.05, 4.69) is 4.42 Å². The Hall–Kier alpha value is -2.23. The van der Waals surface area contributed by atoms with Crippen molar-refractivity contribution in [2.24, 2.45) is 0 Å². The molecule has 0 aliphatic rings. The molecule has 1 aromatic carbocycles. The van der Waals surface area contributed by atoms with Crippen LogP contribution in [0.15, 0.2) is 51.9 Å². The summed E-state index contributed by atoms with van der Waals surface area (Å²) in [5, 5.41) is 9.38.